The van der Waals surface area contributed by atoms with E-state index in [1.54, 1.807) is 0 Å². The largest absolute Gasteiger partial charge is 0.370 e. The number of carbonyl (C=O) groups excluding carboxylic acids is 3. The van der Waals surface area contributed by atoms with Gasteiger partial charge in [0.05, 0.1) is 12.1 Å². The van der Waals surface area contributed by atoms with Crippen LogP contribution in [0.5, 0.6) is 0 Å². The molecule has 0 spiro atoms. The molecule has 0 fully saturated rings. The molecular formula is C18H36N6O3. The Morgan fingerprint density at radius 2 is 1.59 bits per heavy atom. The summed E-state index contributed by atoms with van der Waals surface area (Å²) in [5, 5.41) is 5.40. The number of unbranched alkanes of at least 4 members (excludes halogenated alkanes) is 2. The summed E-state index contributed by atoms with van der Waals surface area (Å²) in [6, 6.07) is -1.99. The highest BCUT2D eigenvalue weighted by Gasteiger charge is 2.24. The van der Waals surface area contributed by atoms with E-state index in [0.717, 1.165) is 25.7 Å². The number of hydrogen-bond donors (Lipinski definition) is 5. The molecule has 9 nitrogen and oxygen atoms in total. The highest BCUT2D eigenvalue weighted by molar-refractivity contribution is 5.90. The first kappa shape index (κ1) is 24.8. The summed E-state index contributed by atoms with van der Waals surface area (Å²) in [4.78, 5) is 39.9. The molecule has 0 rings (SSSR count). The normalized spacial score (nSPS) is 13.9. The van der Waals surface area contributed by atoms with Gasteiger partial charge in [0.25, 0.3) is 0 Å². The van der Waals surface area contributed by atoms with E-state index in [2.05, 4.69) is 15.6 Å². The third kappa shape index (κ3) is 12.0. The first-order valence-corrected chi connectivity index (χ1v) is 9.72. The first-order chi connectivity index (χ1) is 12.8. The molecule has 9 heteroatoms. The Bertz CT molecular complexity index is 480. The topological polar surface area (TPSA) is 166 Å². The van der Waals surface area contributed by atoms with Crippen LogP contribution in [0.3, 0.4) is 0 Å². The molecule has 0 aliphatic rings. The van der Waals surface area contributed by atoms with Crippen LogP contribution in [-0.2, 0) is 14.4 Å². The minimum Gasteiger partial charge on any atom is -0.370 e. The van der Waals surface area contributed by atoms with Crippen LogP contribution in [0.15, 0.2) is 4.99 Å². The van der Waals surface area contributed by atoms with Gasteiger partial charge in [0.1, 0.15) is 12.3 Å². The molecule has 8 N–H and O–H groups in total. The summed E-state index contributed by atoms with van der Waals surface area (Å²) in [6.45, 7) is 4.40. The van der Waals surface area contributed by atoms with Gasteiger partial charge in [-0.1, -0.05) is 39.5 Å². The molecule has 0 bridgehead atoms. The number of aliphatic imine (C=N–C) groups is 1. The standard InChI is InChI=1S/C18H36N6O3/c1-3-5-9-14(19)16(26)24-15(10-6-4-2)17(27)23-13(12-25)8-7-11-22-18(20)21/h12-15H,3-11,19H2,1-2H3,(H,23,27)(H,24,26)(H4,20,21,22)/t13-,14-,15-/m1/s1. The van der Waals surface area contributed by atoms with Crippen molar-refractivity contribution >= 4 is 24.1 Å². The lowest BCUT2D eigenvalue weighted by Crippen LogP contribution is -2.53. The Kier molecular flexibility index (Phi) is 13.8. The molecule has 3 atom stereocenters. The Labute approximate surface area is 161 Å². The van der Waals surface area contributed by atoms with Crippen molar-refractivity contribution < 1.29 is 14.4 Å². The maximum atomic E-state index is 12.5. The summed E-state index contributed by atoms with van der Waals surface area (Å²) in [5.41, 5.74) is 16.4. The second-order valence-electron chi connectivity index (χ2n) is 6.65. The van der Waals surface area contributed by atoms with Gasteiger partial charge in [-0.05, 0) is 25.7 Å². The second kappa shape index (κ2) is 15.0. The van der Waals surface area contributed by atoms with Crippen molar-refractivity contribution in [3.8, 4) is 0 Å². The third-order valence-corrected chi connectivity index (χ3v) is 4.14. The van der Waals surface area contributed by atoms with Gasteiger partial charge in [-0.15, -0.1) is 0 Å². The highest BCUT2D eigenvalue weighted by Crippen LogP contribution is 2.05. The summed E-state index contributed by atoms with van der Waals surface area (Å²) in [5.74, 6) is -0.725. The van der Waals surface area contributed by atoms with Gasteiger partial charge in [0.15, 0.2) is 5.96 Å². The third-order valence-electron chi connectivity index (χ3n) is 4.14. The Morgan fingerprint density at radius 3 is 2.15 bits per heavy atom. The van der Waals surface area contributed by atoms with Gasteiger partial charge in [0, 0.05) is 6.54 Å². The van der Waals surface area contributed by atoms with Gasteiger partial charge in [-0.25, -0.2) is 0 Å². The van der Waals surface area contributed by atoms with Crippen molar-refractivity contribution in [3.63, 3.8) is 0 Å². The van der Waals surface area contributed by atoms with E-state index in [1.165, 1.54) is 0 Å². The quantitative estimate of drug-likeness (QED) is 0.115. The van der Waals surface area contributed by atoms with Gasteiger partial charge < -0.3 is 32.6 Å². The van der Waals surface area contributed by atoms with E-state index in [4.69, 9.17) is 17.2 Å². The van der Waals surface area contributed by atoms with Crippen molar-refractivity contribution in [1.29, 1.82) is 0 Å². The molecule has 0 aromatic rings. The summed E-state index contributed by atoms with van der Waals surface area (Å²) in [7, 11) is 0. The molecule has 0 unspecified atom stereocenters. The maximum absolute atomic E-state index is 12.5. The monoisotopic (exact) mass is 384 g/mol. The average Bonchev–Trinajstić information content (AvgIpc) is 2.64. The number of rotatable bonds is 15. The van der Waals surface area contributed by atoms with Crippen molar-refractivity contribution in [2.45, 2.75) is 83.3 Å². The molecule has 2 amide bonds. The molecule has 0 saturated carbocycles. The molecular weight excluding hydrogens is 348 g/mol. The average molecular weight is 385 g/mol. The molecule has 156 valence electrons. The van der Waals surface area contributed by atoms with Crippen molar-refractivity contribution in [1.82, 2.24) is 10.6 Å². The lowest BCUT2D eigenvalue weighted by molar-refractivity contribution is -0.131. The van der Waals surface area contributed by atoms with Crippen molar-refractivity contribution in [2.24, 2.45) is 22.2 Å². The second-order valence-corrected chi connectivity index (χ2v) is 6.65. The molecule has 0 aromatic carbocycles. The number of aldehydes is 1. The molecule has 0 aliphatic carbocycles. The highest BCUT2D eigenvalue weighted by atomic mass is 16.2. The minimum absolute atomic E-state index is 0.0107. The van der Waals surface area contributed by atoms with Crippen LogP contribution in [0.1, 0.15) is 65.2 Å². The number of hydrogen-bond acceptors (Lipinski definition) is 5. The number of nitrogens with one attached hydrogen (secondary N) is 2. The Morgan fingerprint density at radius 1 is 0.963 bits per heavy atom. The van der Waals surface area contributed by atoms with Crippen LogP contribution in [0.25, 0.3) is 0 Å². The number of carbonyl (C=O) groups is 3. The van der Waals surface area contributed by atoms with Gasteiger partial charge in [-0.3, -0.25) is 14.6 Å². The Hall–Kier alpha value is -2.16. The number of nitrogens with two attached hydrogens (primary N) is 3. The molecule has 0 aromatic heterocycles. The zero-order chi connectivity index (χ0) is 20.7. The van der Waals surface area contributed by atoms with Crippen LogP contribution >= 0.6 is 0 Å². The van der Waals surface area contributed by atoms with E-state index < -0.39 is 18.1 Å². The lowest BCUT2D eigenvalue weighted by atomic mass is 10.1. The molecule has 0 radical (unpaired) electrons. The number of amides is 2. The predicted octanol–water partition coefficient (Wildman–Crippen LogP) is -0.0838. The number of nitrogens with zero attached hydrogens (tertiary/aromatic N) is 1. The van der Waals surface area contributed by atoms with E-state index in [-0.39, 0.29) is 17.8 Å². The molecule has 0 saturated heterocycles. The van der Waals surface area contributed by atoms with Gasteiger partial charge in [0.2, 0.25) is 11.8 Å². The SMILES string of the molecule is CCCC[C@@H](N)C(=O)N[C@H](CCCC)C(=O)N[C@@H](C=O)CCCN=C(N)N. The van der Waals surface area contributed by atoms with E-state index in [1.807, 2.05) is 13.8 Å². The lowest BCUT2D eigenvalue weighted by Gasteiger charge is -2.22. The van der Waals surface area contributed by atoms with Crippen LogP contribution in [-0.4, -0.2) is 48.7 Å². The Balaban J connectivity index is 4.70. The van der Waals surface area contributed by atoms with E-state index >= 15 is 0 Å². The predicted molar refractivity (Wildman–Crippen MR) is 107 cm³/mol. The van der Waals surface area contributed by atoms with Gasteiger partial charge >= 0.3 is 0 Å². The minimum atomic E-state index is -0.703. The summed E-state index contributed by atoms with van der Waals surface area (Å²) >= 11 is 0. The summed E-state index contributed by atoms with van der Waals surface area (Å²) in [6.07, 6.45) is 6.17. The van der Waals surface area contributed by atoms with Crippen molar-refractivity contribution in [3.05, 3.63) is 0 Å². The molecule has 0 aliphatic heterocycles. The summed E-state index contributed by atoms with van der Waals surface area (Å²) < 4.78 is 0. The zero-order valence-corrected chi connectivity index (χ0v) is 16.6. The zero-order valence-electron chi connectivity index (χ0n) is 16.6. The fourth-order valence-electron chi connectivity index (χ4n) is 2.49. The fraction of sp³-hybridized carbons (Fsp3) is 0.778. The van der Waals surface area contributed by atoms with E-state index in [9.17, 15) is 14.4 Å². The molecule has 0 heterocycles. The number of guanidine groups is 1. The maximum Gasteiger partial charge on any atom is 0.243 e. The van der Waals surface area contributed by atoms with E-state index in [0.29, 0.717) is 38.5 Å². The van der Waals surface area contributed by atoms with Gasteiger partial charge in [-0.2, -0.15) is 0 Å². The first-order valence-electron chi connectivity index (χ1n) is 9.72. The fourth-order valence-corrected chi connectivity index (χ4v) is 2.49. The molecule has 27 heavy (non-hydrogen) atoms. The van der Waals surface area contributed by atoms with Crippen LogP contribution in [0.2, 0.25) is 0 Å². The van der Waals surface area contributed by atoms with Crippen LogP contribution in [0.4, 0.5) is 0 Å². The van der Waals surface area contributed by atoms with Crippen molar-refractivity contribution in [2.75, 3.05) is 6.54 Å². The smallest absolute Gasteiger partial charge is 0.243 e. The van der Waals surface area contributed by atoms with Crippen LogP contribution < -0.4 is 27.8 Å². The van der Waals surface area contributed by atoms with Crippen LogP contribution in [0, 0.1) is 0 Å².